The van der Waals surface area contributed by atoms with Gasteiger partial charge >= 0.3 is 20.2 Å². The van der Waals surface area contributed by atoms with Crippen molar-refractivity contribution in [3.63, 3.8) is 0 Å². The van der Waals surface area contributed by atoms with E-state index in [2.05, 4.69) is 8.67 Å². The lowest BCUT2D eigenvalue weighted by molar-refractivity contribution is -0.132. The lowest BCUT2D eigenvalue weighted by Crippen LogP contribution is -2.19. The number of rotatable bonds is 8. The van der Waals surface area contributed by atoms with Crippen molar-refractivity contribution in [1.82, 2.24) is 0 Å². The van der Waals surface area contributed by atoms with E-state index in [-0.39, 0.29) is 11.3 Å². The quantitative estimate of drug-likeness (QED) is 0.349. The van der Waals surface area contributed by atoms with E-state index >= 15 is 0 Å². The van der Waals surface area contributed by atoms with Crippen molar-refractivity contribution in [2.45, 2.75) is 9.79 Å². The molecule has 0 aliphatic heterocycles. The van der Waals surface area contributed by atoms with E-state index in [9.17, 15) is 21.6 Å². The lowest BCUT2D eigenvalue weighted by Gasteiger charge is -2.18. The van der Waals surface area contributed by atoms with Gasteiger partial charge in [0.1, 0.15) is 4.90 Å². The standard InChI is InChI=1S/C15H14O11S2/c1-23-11-8-10(12(16)9-6-4-3-5-7-9)14(27(19,20)25-17)15(13(11)24-2)28(21,22)26-18/h3-8,17-18H,1-2H3. The zero-order chi connectivity index (χ0) is 21.1. The predicted molar refractivity (Wildman–Crippen MR) is 91.2 cm³/mol. The summed E-state index contributed by atoms with van der Waals surface area (Å²) in [6, 6.07) is 8.13. The Kier molecular flexibility index (Phi) is 6.38. The molecule has 0 saturated heterocycles. The van der Waals surface area contributed by atoms with Crippen LogP contribution in [0, 0.1) is 0 Å². The van der Waals surface area contributed by atoms with Crippen molar-refractivity contribution in [2.75, 3.05) is 14.2 Å². The number of hydrogen-bond acceptors (Lipinski definition) is 11. The van der Waals surface area contributed by atoms with E-state index < -0.39 is 47.1 Å². The van der Waals surface area contributed by atoms with E-state index in [0.29, 0.717) is 0 Å². The molecular weight excluding hydrogens is 420 g/mol. The van der Waals surface area contributed by atoms with Gasteiger partial charge in [0.2, 0.25) is 0 Å². The highest BCUT2D eigenvalue weighted by molar-refractivity contribution is 7.90. The topological polar surface area (TPSA) is 163 Å². The molecule has 0 aliphatic carbocycles. The Bertz CT molecular complexity index is 1090. The zero-order valence-electron chi connectivity index (χ0n) is 14.3. The summed E-state index contributed by atoms with van der Waals surface area (Å²) in [5.74, 6) is -2.03. The van der Waals surface area contributed by atoms with E-state index in [1.165, 1.54) is 24.3 Å². The van der Waals surface area contributed by atoms with Crippen molar-refractivity contribution >= 4 is 26.0 Å². The van der Waals surface area contributed by atoms with Crippen molar-refractivity contribution < 1.29 is 50.3 Å². The summed E-state index contributed by atoms with van der Waals surface area (Å²) in [7, 11) is -8.37. The van der Waals surface area contributed by atoms with Crippen LogP contribution < -0.4 is 9.47 Å². The van der Waals surface area contributed by atoms with Crippen LogP contribution >= 0.6 is 0 Å². The maximum Gasteiger partial charge on any atom is 0.328 e. The second-order valence-electron chi connectivity index (χ2n) is 5.07. The summed E-state index contributed by atoms with van der Waals surface area (Å²) in [6.07, 6.45) is 0. The Labute approximate surface area is 159 Å². The fraction of sp³-hybridized carbons (Fsp3) is 0.133. The van der Waals surface area contributed by atoms with Gasteiger partial charge in [0.15, 0.2) is 22.2 Å². The number of ether oxygens (including phenoxy) is 2. The smallest absolute Gasteiger partial charge is 0.328 e. The van der Waals surface area contributed by atoms with E-state index in [0.717, 1.165) is 20.3 Å². The molecule has 0 atom stereocenters. The Hall–Kier alpha value is -2.55. The van der Waals surface area contributed by atoms with E-state index in [1.54, 1.807) is 6.07 Å². The van der Waals surface area contributed by atoms with Crippen LogP contribution in [0.3, 0.4) is 0 Å². The fourth-order valence-corrected chi connectivity index (χ4v) is 4.66. The van der Waals surface area contributed by atoms with Gasteiger partial charge in [-0.3, -0.25) is 4.79 Å². The SMILES string of the molecule is COc1cc(C(=O)c2ccccc2)c(S(=O)(=O)OO)c(S(=O)(=O)OO)c1OC. The first-order chi connectivity index (χ1) is 13.1. The molecule has 0 unspecified atom stereocenters. The lowest BCUT2D eigenvalue weighted by atomic mass is 10.0. The van der Waals surface area contributed by atoms with Crippen LogP contribution in [-0.2, 0) is 28.9 Å². The Morgan fingerprint density at radius 1 is 0.857 bits per heavy atom. The molecular formula is C15H14O11S2. The molecule has 0 radical (unpaired) electrons. The minimum absolute atomic E-state index is 0.0163. The molecule has 28 heavy (non-hydrogen) atoms. The maximum absolute atomic E-state index is 12.9. The number of carbonyl (C=O) groups is 1. The van der Waals surface area contributed by atoms with E-state index in [1.807, 2.05) is 0 Å². The Morgan fingerprint density at radius 3 is 1.86 bits per heavy atom. The fourth-order valence-electron chi connectivity index (χ4n) is 2.41. The van der Waals surface area contributed by atoms with Crippen LogP contribution in [0.5, 0.6) is 11.5 Å². The summed E-state index contributed by atoms with van der Waals surface area (Å²) in [5, 5.41) is 17.6. The zero-order valence-corrected chi connectivity index (χ0v) is 16.0. The van der Waals surface area contributed by atoms with Crippen LogP contribution in [0.4, 0.5) is 0 Å². The van der Waals surface area contributed by atoms with Gasteiger partial charge < -0.3 is 9.47 Å². The number of carbonyl (C=O) groups excluding carboxylic acids is 1. The van der Waals surface area contributed by atoms with Gasteiger partial charge in [-0.2, -0.15) is 16.8 Å². The van der Waals surface area contributed by atoms with Gasteiger partial charge in [0.25, 0.3) is 0 Å². The van der Waals surface area contributed by atoms with Crippen molar-refractivity contribution in [1.29, 1.82) is 0 Å². The van der Waals surface area contributed by atoms with Crippen molar-refractivity contribution in [3.05, 3.63) is 47.5 Å². The summed E-state index contributed by atoms with van der Waals surface area (Å²) < 4.78 is 65.7. The molecule has 2 N–H and O–H groups in total. The minimum Gasteiger partial charge on any atom is -0.493 e. The molecule has 0 fully saturated rings. The summed E-state index contributed by atoms with van der Waals surface area (Å²) in [6.45, 7) is 0. The highest BCUT2D eigenvalue weighted by Gasteiger charge is 2.39. The van der Waals surface area contributed by atoms with Crippen molar-refractivity contribution in [2.24, 2.45) is 0 Å². The van der Waals surface area contributed by atoms with Gasteiger partial charge in [-0.05, 0) is 6.07 Å². The molecule has 0 aliphatic rings. The third kappa shape index (κ3) is 3.84. The summed E-state index contributed by atoms with van der Waals surface area (Å²) in [5.41, 5.74) is -0.758. The third-order valence-corrected chi connectivity index (χ3v) is 5.89. The number of methoxy groups -OCH3 is 2. The highest BCUT2D eigenvalue weighted by atomic mass is 32.2. The number of ketones is 1. The molecule has 0 aromatic heterocycles. The van der Waals surface area contributed by atoms with Gasteiger partial charge in [-0.15, -0.1) is 8.67 Å². The van der Waals surface area contributed by atoms with Crippen LogP contribution in [-0.4, -0.2) is 47.4 Å². The average molecular weight is 434 g/mol. The third-order valence-electron chi connectivity index (χ3n) is 3.56. The summed E-state index contributed by atoms with van der Waals surface area (Å²) >= 11 is 0. The molecule has 0 amide bonds. The molecule has 0 heterocycles. The second kappa shape index (κ2) is 8.22. The molecule has 2 rings (SSSR count). The average Bonchev–Trinajstić information content (AvgIpc) is 2.71. The first-order valence-corrected chi connectivity index (χ1v) is 10.0. The van der Waals surface area contributed by atoms with E-state index in [4.69, 9.17) is 20.0 Å². The van der Waals surface area contributed by atoms with Gasteiger partial charge in [0, 0.05) is 11.1 Å². The molecule has 152 valence electrons. The normalized spacial score (nSPS) is 11.9. The molecule has 11 nitrogen and oxygen atoms in total. The Balaban J connectivity index is 3.08. The van der Waals surface area contributed by atoms with Crippen molar-refractivity contribution in [3.8, 4) is 11.5 Å². The summed E-state index contributed by atoms with van der Waals surface area (Å²) in [4.78, 5) is 10.3. The maximum atomic E-state index is 12.9. The van der Waals surface area contributed by atoms with Gasteiger partial charge in [0.05, 0.1) is 14.2 Å². The van der Waals surface area contributed by atoms with Crippen LogP contribution in [0.15, 0.2) is 46.2 Å². The first kappa shape index (κ1) is 21.7. The van der Waals surface area contributed by atoms with Gasteiger partial charge in [-0.1, -0.05) is 30.3 Å². The largest absolute Gasteiger partial charge is 0.493 e. The predicted octanol–water partition coefficient (Wildman–Crippen LogP) is 1.29. The molecule has 0 spiro atoms. The number of hydrogen-bond donors (Lipinski definition) is 2. The Morgan fingerprint density at radius 2 is 1.39 bits per heavy atom. The van der Waals surface area contributed by atoms with Crippen LogP contribution in [0.2, 0.25) is 0 Å². The second-order valence-corrected chi connectivity index (χ2v) is 8.00. The molecule has 0 saturated carbocycles. The molecule has 2 aromatic rings. The highest BCUT2D eigenvalue weighted by Crippen LogP contribution is 2.42. The first-order valence-electron chi connectivity index (χ1n) is 7.19. The van der Waals surface area contributed by atoms with Crippen LogP contribution in [0.25, 0.3) is 0 Å². The molecule has 0 bridgehead atoms. The minimum atomic E-state index is -5.23. The van der Waals surface area contributed by atoms with Gasteiger partial charge in [-0.25, -0.2) is 10.5 Å². The van der Waals surface area contributed by atoms with Crippen LogP contribution in [0.1, 0.15) is 15.9 Å². The number of benzene rings is 2. The molecule has 13 heteroatoms. The monoisotopic (exact) mass is 434 g/mol. The molecule has 2 aromatic carbocycles.